The Kier molecular flexibility index (Phi) is 4.96. The van der Waals surface area contributed by atoms with Gasteiger partial charge in [0.25, 0.3) is 0 Å². The summed E-state index contributed by atoms with van der Waals surface area (Å²) in [5.74, 6) is 1.82. The number of fused-ring (bicyclic) bond motifs is 5. The van der Waals surface area contributed by atoms with Crippen molar-refractivity contribution in [1.82, 2.24) is 0 Å². The van der Waals surface area contributed by atoms with Crippen molar-refractivity contribution in [2.45, 2.75) is 90.3 Å². The molecule has 0 saturated heterocycles. The number of ether oxygens (including phenoxy) is 1. The van der Waals surface area contributed by atoms with Gasteiger partial charge in [-0.1, -0.05) is 20.3 Å². The monoisotopic (exact) mass is 413 g/mol. The van der Waals surface area contributed by atoms with Gasteiger partial charge in [-0.05, 0) is 86.5 Å². The smallest absolute Gasteiger partial charge is 0.357 e. The summed E-state index contributed by atoms with van der Waals surface area (Å²) < 4.78 is 5.73. The summed E-state index contributed by atoms with van der Waals surface area (Å²) in [6, 6.07) is 0. The molecular formula is C25H35NO4. The van der Waals surface area contributed by atoms with Gasteiger partial charge in [-0.15, -0.1) is 0 Å². The molecule has 5 aliphatic rings. The van der Waals surface area contributed by atoms with Crippen LogP contribution in [0.2, 0.25) is 0 Å². The Balaban J connectivity index is 1.35. The third kappa shape index (κ3) is 2.87. The molecule has 0 amide bonds. The first-order valence-electron chi connectivity index (χ1n) is 12.1. The lowest BCUT2D eigenvalue weighted by Gasteiger charge is -2.61. The fourth-order valence-corrected chi connectivity index (χ4v) is 8.33. The number of hydrogen-bond donors (Lipinski definition) is 1. The highest BCUT2D eigenvalue weighted by molar-refractivity contribution is 6.43. The molecule has 4 fully saturated rings. The molecule has 30 heavy (non-hydrogen) atoms. The summed E-state index contributed by atoms with van der Waals surface area (Å²) in [5, 5.41) is 11.3. The first-order chi connectivity index (χ1) is 14.4. The quantitative estimate of drug-likeness (QED) is 0.700. The number of aliphatic hydroxyl groups is 1. The minimum atomic E-state index is -0.369. The van der Waals surface area contributed by atoms with Gasteiger partial charge in [0.15, 0.2) is 0 Å². The van der Waals surface area contributed by atoms with E-state index in [-0.39, 0.29) is 34.9 Å². The molecule has 0 aromatic carbocycles. The molecule has 5 nitrogen and oxygen atoms in total. The number of esters is 1. The first kappa shape index (κ1) is 20.4. The predicted molar refractivity (Wildman–Crippen MR) is 114 cm³/mol. The number of nitrogens with zero attached hydrogens (tertiary/aromatic N) is 1. The summed E-state index contributed by atoms with van der Waals surface area (Å²) in [4.78, 5) is 29.1. The molecule has 1 unspecified atom stereocenters. The van der Waals surface area contributed by atoms with Crippen LogP contribution in [0.4, 0.5) is 0 Å². The summed E-state index contributed by atoms with van der Waals surface area (Å²) in [7, 11) is 0. The number of Topliss-reactive ketones (excluding diaryl/α,β-unsaturated/α-hetero) is 1. The summed E-state index contributed by atoms with van der Waals surface area (Å²) in [6.07, 6.45) is 12.2. The average molecular weight is 414 g/mol. The third-order valence-corrected chi connectivity index (χ3v) is 9.70. The normalized spacial score (nSPS) is 46.9. The van der Waals surface area contributed by atoms with Crippen LogP contribution in [0.15, 0.2) is 17.3 Å². The summed E-state index contributed by atoms with van der Waals surface area (Å²) in [6.45, 7) is 4.57. The molecule has 1 aliphatic heterocycles. The number of carbonyl (C=O) groups is 2. The van der Waals surface area contributed by atoms with Crippen molar-refractivity contribution in [3.05, 3.63) is 12.3 Å². The molecule has 4 aliphatic carbocycles. The zero-order valence-electron chi connectivity index (χ0n) is 18.3. The van der Waals surface area contributed by atoms with Crippen LogP contribution in [0.1, 0.15) is 78.1 Å². The maximum atomic E-state index is 12.9. The van der Waals surface area contributed by atoms with Crippen LogP contribution < -0.4 is 0 Å². The molecule has 0 aromatic heterocycles. The minimum Gasteiger partial charge on any atom is -0.458 e. The lowest BCUT2D eigenvalue weighted by Crippen LogP contribution is -2.58. The lowest BCUT2D eigenvalue weighted by atomic mass is 9.44. The van der Waals surface area contributed by atoms with E-state index in [4.69, 9.17) is 4.74 Å². The molecule has 5 heteroatoms. The van der Waals surface area contributed by atoms with E-state index in [2.05, 4.69) is 18.8 Å². The Morgan fingerprint density at radius 3 is 2.70 bits per heavy atom. The van der Waals surface area contributed by atoms with Gasteiger partial charge in [-0.2, -0.15) is 0 Å². The van der Waals surface area contributed by atoms with Gasteiger partial charge in [0.05, 0.1) is 6.10 Å². The van der Waals surface area contributed by atoms with Gasteiger partial charge in [-0.3, -0.25) is 4.79 Å². The highest BCUT2D eigenvalue weighted by Crippen LogP contribution is 2.66. The van der Waals surface area contributed by atoms with Gasteiger partial charge in [-0.25, -0.2) is 9.79 Å². The van der Waals surface area contributed by atoms with E-state index in [0.29, 0.717) is 29.2 Å². The molecule has 0 aromatic rings. The van der Waals surface area contributed by atoms with Crippen LogP contribution in [-0.2, 0) is 14.3 Å². The highest BCUT2D eigenvalue weighted by Gasteiger charge is 2.63. The van der Waals surface area contributed by atoms with E-state index in [1.54, 1.807) is 12.3 Å². The molecule has 0 bridgehead atoms. The van der Waals surface area contributed by atoms with Crippen molar-refractivity contribution in [2.24, 2.45) is 39.5 Å². The van der Waals surface area contributed by atoms with Gasteiger partial charge >= 0.3 is 5.97 Å². The third-order valence-electron chi connectivity index (χ3n) is 9.70. The Labute approximate surface area is 179 Å². The molecule has 0 radical (unpaired) electrons. The van der Waals surface area contributed by atoms with Crippen molar-refractivity contribution < 1.29 is 19.4 Å². The minimum absolute atomic E-state index is 0.0726. The van der Waals surface area contributed by atoms with Crippen LogP contribution in [0.5, 0.6) is 0 Å². The number of carbonyl (C=O) groups excluding carboxylic acids is 2. The Hall–Kier alpha value is -1.49. The first-order valence-corrected chi connectivity index (χ1v) is 12.1. The Morgan fingerprint density at radius 1 is 1.20 bits per heavy atom. The van der Waals surface area contributed by atoms with Crippen molar-refractivity contribution >= 4 is 17.5 Å². The number of aliphatic imine (C=N–C) groups is 1. The fraction of sp³-hybridized carbons (Fsp3) is 0.800. The van der Waals surface area contributed by atoms with Crippen molar-refractivity contribution in [3.8, 4) is 0 Å². The molecule has 0 spiro atoms. The van der Waals surface area contributed by atoms with E-state index < -0.39 is 0 Å². The zero-order chi connectivity index (χ0) is 21.1. The van der Waals surface area contributed by atoms with Crippen LogP contribution in [0.3, 0.4) is 0 Å². The standard InChI is InChI=1S/C25H35NO4/c1-3-9-25-11-7-17-16(18(25)4-5-22(25)28)14-21(27)19-13-15(6-10-24(17,19)2)30-23(29)20-8-12-26-20/h8,12,15-19,21,27H,3-7,9-11,13-14H2,1-2H3/t15-,16+,17-,18-,19?,21-,24+,25-/m0/s1. The van der Waals surface area contributed by atoms with Gasteiger partial charge in [0.1, 0.15) is 17.6 Å². The topological polar surface area (TPSA) is 76.0 Å². The van der Waals surface area contributed by atoms with E-state index in [1.165, 1.54) is 0 Å². The molecule has 164 valence electrons. The second kappa shape index (κ2) is 7.29. The van der Waals surface area contributed by atoms with Gasteiger partial charge < -0.3 is 9.84 Å². The van der Waals surface area contributed by atoms with Gasteiger partial charge in [0, 0.05) is 18.0 Å². The van der Waals surface area contributed by atoms with Crippen molar-refractivity contribution in [1.29, 1.82) is 0 Å². The number of aliphatic hydroxyl groups excluding tert-OH is 1. The fourth-order valence-electron chi connectivity index (χ4n) is 8.33. The van der Waals surface area contributed by atoms with E-state index in [9.17, 15) is 14.7 Å². The van der Waals surface area contributed by atoms with Crippen molar-refractivity contribution in [3.63, 3.8) is 0 Å². The maximum Gasteiger partial charge on any atom is 0.357 e. The van der Waals surface area contributed by atoms with Crippen molar-refractivity contribution in [2.75, 3.05) is 0 Å². The summed E-state index contributed by atoms with van der Waals surface area (Å²) >= 11 is 0. The predicted octanol–water partition coefficient (Wildman–Crippen LogP) is 4.23. The molecule has 4 saturated carbocycles. The average Bonchev–Trinajstić information content (AvgIpc) is 2.99. The Morgan fingerprint density at radius 2 is 2.00 bits per heavy atom. The number of ketones is 1. The second-order valence-corrected chi connectivity index (χ2v) is 10.8. The molecule has 1 N–H and O–H groups in total. The highest BCUT2D eigenvalue weighted by atomic mass is 16.5. The largest absolute Gasteiger partial charge is 0.458 e. The molecule has 1 heterocycles. The second-order valence-electron chi connectivity index (χ2n) is 10.8. The molecular weight excluding hydrogens is 378 g/mol. The van der Waals surface area contributed by atoms with E-state index in [0.717, 1.165) is 64.2 Å². The number of rotatable bonds is 4. The molecule has 5 rings (SSSR count). The SMILES string of the molecule is CCC[C@]12CC[C@H]3[C@@H](C[C@H](O)C4C[C@@H](OC(=O)C5=NC=C5)CC[C@@]43C)[C@@H]1CCC2=O. The lowest BCUT2D eigenvalue weighted by molar-refractivity contribution is -0.180. The van der Waals surface area contributed by atoms with Crippen LogP contribution >= 0.6 is 0 Å². The van der Waals surface area contributed by atoms with Crippen LogP contribution in [0, 0.1) is 34.5 Å². The summed E-state index contributed by atoms with van der Waals surface area (Å²) in [5.41, 5.74) is 0.365. The van der Waals surface area contributed by atoms with Gasteiger partial charge in [0.2, 0.25) is 0 Å². The van der Waals surface area contributed by atoms with E-state index in [1.807, 2.05) is 0 Å². The zero-order valence-corrected chi connectivity index (χ0v) is 18.3. The van der Waals surface area contributed by atoms with Crippen LogP contribution in [-0.4, -0.2) is 34.8 Å². The van der Waals surface area contributed by atoms with E-state index >= 15 is 0 Å². The maximum absolute atomic E-state index is 12.9. The molecule has 8 atom stereocenters. The number of hydrogen-bond acceptors (Lipinski definition) is 5. The Bertz CT molecular complexity index is 803. The van der Waals surface area contributed by atoms with Crippen LogP contribution in [0.25, 0.3) is 0 Å².